The second kappa shape index (κ2) is 15.5. The molecule has 0 amide bonds. The molecule has 0 bridgehead atoms. The molecule has 0 unspecified atom stereocenters. The minimum absolute atomic E-state index is 0.822. The van der Waals surface area contributed by atoms with E-state index >= 15 is 0 Å². The van der Waals surface area contributed by atoms with E-state index in [9.17, 15) is 0 Å². The van der Waals surface area contributed by atoms with Crippen molar-refractivity contribution in [2.24, 2.45) is 0 Å². The predicted octanol–water partition coefficient (Wildman–Crippen LogP) is 13.2. The number of hydrogen-bond acceptors (Lipinski definition) is 1. The minimum Gasteiger partial charge on any atom is -0.399 e. The van der Waals surface area contributed by atoms with Crippen molar-refractivity contribution in [2.45, 2.75) is 6.42 Å². The van der Waals surface area contributed by atoms with Gasteiger partial charge < -0.3 is 14.9 Å². The maximum atomic E-state index is 5.36. The zero-order valence-corrected chi connectivity index (χ0v) is 30.8. The summed E-state index contributed by atoms with van der Waals surface area (Å²) in [5.74, 6) is 0. The highest BCUT2D eigenvalue weighted by molar-refractivity contribution is 9.10. The molecule has 0 aliphatic carbocycles. The molecule has 4 heteroatoms. The van der Waals surface area contributed by atoms with Gasteiger partial charge in [0.25, 0.3) is 0 Å². The van der Waals surface area contributed by atoms with Crippen molar-refractivity contribution >= 4 is 65.2 Å². The van der Waals surface area contributed by atoms with Crippen LogP contribution in [0.15, 0.2) is 211 Å². The summed E-state index contributed by atoms with van der Waals surface area (Å²) in [6.45, 7) is 0. The number of para-hydroxylation sites is 5. The fourth-order valence-electron chi connectivity index (χ4n) is 7.06. The van der Waals surface area contributed by atoms with Gasteiger partial charge in [-0.15, -0.1) is 0 Å². The minimum atomic E-state index is 0.822. The van der Waals surface area contributed by atoms with Gasteiger partial charge in [0.1, 0.15) is 0 Å². The van der Waals surface area contributed by atoms with Gasteiger partial charge in [-0.05, 0) is 84.3 Å². The molecule has 0 radical (unpaired) electrons. The molecule has 0 aliphatic heterocycles. The van der Waals surface area contributed by atoms with Gasteiger partial charge in [-0.25, -0.2) is 0 Å². The molecule has 0 fully saturated rings. The monoisotopic (exact) mass is 747 g/mol. The van der Waals surface area contributed by atoms with Gasteiger partial charge in [0.2, 0.25) is 0 Å². The van der Waals surface area contributed by atoms with Crippen molar-refractivity contribution in [1.82, 2.24) is 9.13 Å². The van der Waals surface area contributed by atoms with Gasteiger partial charge in [-0.3, -0.25) is 0 Å². The summed E-state index contributed by atoms with van der Waals surface area (Å²) >= 11 is 3.58. The van der Waals surface area contributed by atoms with E-state index in [1.807, 2.05) is 36.4 Å². The van der Waals surface area contributed by atoms with Crippen molar-refractivity contribution < 1.29 is 0 Å². The summed E-state index contributed by atoms with van der Waals surface area (Å²) < 4.78 is 5.79. The first-order valence-electron chi connectivity index (χ1n) is 17.8. The SMILES string of the molecule is Brc1ccc2c3ccccc3n(-c3ccccc3)c2c1.Nc1ccccc1.c1ccc(Cc2ccc3c4ccccc4n(-c4ccccc4)c3c2)cc1. The number of rotatable bonds is 4. The van der Waals surface area contributed by atoms with Crippen LogP contribution in [-0.4, -0.2) is 9.13 Å². The topological polar surface area (TPSA) is 35.9 Å². The molecule has 2 N–H and O–H groups in total. The third-order valence-electron chi connectivity index (χ3n) is 9.45. The second-order valence-electron chi connectivity index (χ2n) is 13.0. The van der Waals surface area contributed by atoms with E-state index in [0.29, 0.717) is 0 Å². The molecule has 0 spiro atoms. The molecular weight excluding hydrogens is 710 g/mol. The standard InChI is InChI=1S/C25H19N.C18H12BrN.C6H7N/c1-3-9-19(10-4-1)17-20-15-16-23-22-13-7-8-14-24(22)26(25(23)18-20)21-11-5-2-6-12-21;19-13-10-11-16-15-8-4-5-9-17(15)20(18(16)12-13)14-6-2-1-3-7-14;7-6-4-2-1-3-5-6/h1-16,18H,17H2;1-12H;1-5H,7H2. The molecule has 10 aromatic rings. The second-order valence-corrected chi connectivity index (χ2v) is 13.9. The van der Waals surface area contributed by atoms with E-state index in [1.165, 1.54) is 66.1 Å². The van der Waals surface area contributed by atoms with Gasteiger partial charge in [-0.2, -0.15) is 0 Å². The number of halogens is 1. The molecule has 8 aromatic carbocycles. The lowest BCUT2D eigenvalue weighted by Crippen LogP contribution is -1.94. The van der Waals surface area contributed by atoms with E-state index in [0.717, 1.165) is 16.6 Å². The van der Waals surface area contributed by atoms with Crippen LogP contribution in [0.2, 0.25) is 0 Å². The Bertz CT molecular complexity index is 2750. The average Bonchev–Trinajstić information content (AvgIpc) is 3.72. The van der Waals surface area contributed by atoms with Crippen molar-refractivity contribution in [3.8, 4) is 11.4 Å². The molecule has 256 valence electrons. The lowest BCUT2D eigenvalue weighted by molar-refractivity contribution is 1.16. The molecular formula is C49H38BrN3. The average molecular weight is 749 g/mol. The Labute approximate surface area is 318 Å². The van der Waals surface area contributed by atoms with Crippen molar-refractivity contribution in [2.75, 3.05) is 5.73 Å². The first kappa shape index (κ1) is 33.8. The zero-order chi connectivity index (χ0) is 36.0. The van der Waals surface area contributed by atoms with Crippen LogP contribution in [-0.2, 0) is 6.42 Å². The fourth-order valence-corrected chi connectivity index (χ4v) is 7.41. The molecule has 0 atom stereocenters. The number of aromatic nitrogens is 2. The Balaban J connectivity index is 0.000000131. The van der Waals surface area contributed by atoms with Crippen LogP contribution in [0.3, 0.4) is 0 Å². The van der Waals surface area contributed by atoms with Crippen LogP contribution in [0.1, 0.15) is 11.1 Å². The molecule has 2 heterocycles. The van der Waals surface area contributed by atoms with Crippen molar-refractivity contribution in [3.63, 3.8) is 0 Å². The highest BCUT2D eigenvalue weighted by atomic mass is 79.9. The zero-order valence-electron chi connectivity index (χ0n) is 29.2. The first-order chi connectivity index (χ1) is 26.1. The van der Waals surface area contributed by atoms with Crippen LogP contribution in [0.5, 0.6) is 0 Å². The van der Waals surface area contributed by atoms with Gasteiger partial charge >= 0.3 is 0 Å². The van der Waals surface area contributed by atoms with Crippen LogP contribution in [0.4, 0.5) is 5.69 Å². The lowest BCUT2D eigenvalue weighted by atomic mass is 10.0. The van der Waals surface area contributed by atoms with Crippen molar-refractivity contribution in [1.29, 1.82) is 0 Å². The normalized spacial score (nSPS) is 10.9. The van der Waals surface area contributed by atoms with Crippen LogP contribution >= 0.6 is 15.9 Å². The molecule has 0 saturated heterocycles. The summed E-state index contributed by atoms with van der Waals surface area (Å²) in [6.07, 6.45) is 0.951. The first-order valence-corrected chi connectivity index (χ1v) is 18.6. The summed E-state index contributed by atoms with van der Waals surface area (Å²) in [5.41, 5.74) is 16.2. The Hall–Kier alpha value is -6.36. The highest BCUT2D eigenvalue weighted by Crippen LogP contribution is 2.34. The maximum absolute atomic E-state index is 5.36. The molecule has 0 aliphatic rings. The molecule has 0 saturated carbocycles. The third kappa shape index (κ3) is 7.23. The molecule has 53 heavy (non-hydrogen) atoms. The lowest BCUT2D eigenvalue weighted by Gasteiger charge is -2.08. The molecule has 10 rings (SSSR count). The number of anilines is 1. The van der Waals surface area contributed by atoms with Gasteiger partial charge in [0.05, 0.1) is 22.1 Å². The number of nitrogens with two attached hydrogens (primary N) is 1. The van der Waals surface area contributed by atoms with Crippen LogP contribution in [0.25, 0.3) is 55.0 Å². The van der Waals surface area contributed by atoms with Crippen LogP contribution in [0, 0.1) is 0 Å². The molecule has 3 nitrogen and oxygen atoms in total. The summed E-state index contributed by atoms with van der Waals surface area (Å²) in [4.78, 5) is 0. The summed E-state index contributed by atoms with van der Waals surface area (Å²) in [6, 6.07) is 71.8. The quantitative estimate of drug-likeness (QED) is 0.179. The Morgan fingerprint density at radius 2 is 0.774 bits per heavy atom. The van der Waals surface area contributed by atoms with E-state index in [-0.39, 0.29) is 0 Å². The number of hydrogen-bond donors (Lipinski definition) is 1. The maximum Gasteiger partial charge on any atom is 0.0552 e. The van der Waals surface area contributed by atoms with Crippen molar-refractivity contribution in [3.05, 3.63) is 222 Å². The number of benzene rings is 8. The number of fused-ring (bicyclic) bond motifs is 6. The van der Waals surface area contributed by atoms with E-state index in [4.69, 9.17) is 5.73 Å². The Morgan fingerprint density at radius 1 is 0.358 bits per heavy atom. The Morgan fingerprint density at radius 3 is 1.28 bits per heavy atom. The van der Waals surface area contributed by atoms with Crippen LogP contribution < -0.4 is 5.73 Å². The molecule has 2 aromatic heterocycles. The summed E-state index contributed by atoms with van der Waals surface area (Å²) in [5, 5.41) is 5.19. The van der Waals surface area contributed by atoms with E-state index in [1.54, 1.807) is 0 Å². The predicted molar refractivity (Wildman–Crippen MR) is 229 cm³/mol. The van der Waals surface area contributed by atoms with Gasteiger partial charge in [-0.1, -0.05) is 155 Å². The van der Waals surface area contributed by atoms with Gasteiger partial charge in [0.15, 0.2) is 0 Å². The fraction of sp³-hybridized carbons (Fsp3) is 0.0204. The van der Waals surface area contributed by atoms with E-state index in [2.05, 4.69) is 195 Å². The smallest absolute Gasteiger partial charge is 0.0552 e. The largest absolute Gasteiger partial charge is 0.399 e. The van der Waals surface area contributed by atoms with Gasteiger partial charge in [0, 0.05) is 43.1 Å². The highest BCUT2D eigenvalue weighted by Gasteiger charge is 2.13. The van der Waals surface area contributed by atoms with E-state index < -0.39 is 0 Å². The Kier molecular flexibility index (Phi) is 9.86. The number of nitrogen functional groups attached to an aromatic ring is 1. The number of nitrogens with zero attached hydrogens (tertiary/aromatic N) is 2. The summed E-state index contributed by atoms with van der Waals surface area (Å²) in [7, 11) is 0. The third-order valence-corrected chi connectivity index (χ3v) is 9.95.